The molecule has 1 N–H and O–H groups in total. The minimum atomic E-state index is 0.245. The lowest BCUT2D eigenvalue weighted by Crippen LogP contribution is -2.07. The maximum Gasteiger partial charge on any atom is 0.0434 e. The number of hydrogen-bond donors (Lipinski definition) is 1. The second-order valence-corrected chi connectivity index (χ2v) is 6.52. The van der Waals surface area contributed by atoms with Gasteiger partial charge in [-0.05, 0) is 24.5 Å². The van der Waals surface area contributed by atoms with Crippen molar-refractivity contribution >= 4 is 11.8 Å². The molecule has 1 rings (SSSR count). The van der Waals surface area contributed by atoms with Crippen LogP contribution in [0.3, 0.4) is 0 Å². The summed E-state index contributed by atoms with van der Waals surface area (Å²) in [6.45, 7) is 6.94. The summed E-state index contributed by atoms with van der Waals surface area (Å²) in [5.41, 5.74) is 1.35. The largest absolute Gasteiger partial charge is 0.396 e. The molecule has 1 nitrogen and oxygen atoms in total. The van der Waals surface area contributed by atoms with E-state index in [-0.39, 0.29) is 11.4 Å². The summed E-state index contributed by atoms with van der Waals surface area (Å²) in [7, 11) is 0. The van der Waals surface area contributed by atoms with E-state index in [1.807, 2.05) is 11.8 Å². The second kappa shape index (κ2) is 5.57. The summed E-state index contributed by atoms with van der Waals surface area (Å²) < 4.78 is 0.245. The Morgan fingerprint density at radius 3 is 2.47 bits per heavy atom. The van der Waals surface area contributed by atoms with Crippen LogP contribution in [0.4, 0.5) is 0 Å². The predicted octanol–water partition coefficient (Wildman–Crippen LogP) is 3.50. The van der Waals surface area contributed by atoms with E-state index < -0.39 is 0 Å². The van der Waals surface area contributed by atoms with Crippen LogP contribution < -0.4 is 0 Å². The zero-order chi connectivity index (χ0) is 11.3. The molecule has 0 heterocycles. The third-order valence-corrected chi connectivity index (χ3v) is 3.22. The third-order valence-electron chi connectivity index (χ3n) is 1.99. The highest BCUT2D eigenvalue weighted by Gasteiger charge is 2.13. The van der Waals surface area contributed by atoms with Gasteiger partial charge in [-0.3, -0.25) is 0 Å². The van der Waals surface area contributed by atoms with E-state index in [4.69, 9.17) is 5.11 Å². The van der Waals surface area contributed by atoms with Gasteiger partial charge >= 0.3 is 0 Å². The number of aliphatic hydroxyl groups is 1. The summed E-state index contributed by atoms with van der Waals surface area (Å²) in [4.78, 5) is 1.35. The molecule has 0 unspecified atom stereocenters. The molecule has 0 fully saturated rings. The van der Waals surface area contributed by atoms with Crippen molar-refractivity contribution in [3.63, 3.8) is 0 Å². The van der Waals surface area contributed by atoms with E-state index in [0.717, 1.165) is 12.8 Å². The van der Waals surface area contributed by atoms with Crippen molar-refractivity contribution in [2.75, 3.05) is 6.61 Å². The zero-order valence-electron chi connectivity index (χ0n) is 9.79. The van der Waals surface area contributed by atoms with Gasteiger partial charge in [0.25, 0.3) is 0 Å². The second-order valence-electron chi connectivity index (χ2n) is 4.65. The molecule has 0 radical (unpaired) electrons. The Morgan fingerprint density at radius 2 is 1.87 bits per heavy atom. The molecule has 0 aliphatic heterocycles. The summed E-state index contributed by atoms with van der Waals surface area (Å²) in [6.07, 6.45) is 1.82. The van der Waals surface area contributed by atoms with Gasteiger partial charge in [-0.15, -0.1) is 11.8 Å². The lowest BCUT2D eigenvalue weighted by Gasteiger charge is -2.19. The molecule has 1 aromatic rings. The van der Waals surface area contributed by atoms with E-state index in [2.05, 4.69) is 45.0 Å². The van der Waals surface area contributed by atoms with Gasteiger partial charge < -0.3 is 5.11 Å². The number of benzene rings is 1. The Balaban J connectivity index is 2.77. The molecule has 0 bridgehead atoms. The molecule has 0 aliphatic rings. The molecule has 1 aromatic carbocycles. The SMILES string of the molecule is CC(C)(C)Sc1ccccc1CCCO. The molecule has 2 heteroatoms. The van der Waals surface area contributed by atoms with E-state index in [0.29, 0.717) is 0 Å². The highest BCUT2D eigenvalue weighted by Crippen LogP contribution is 2.34. The van der Waals surface area contributed by atoms with Gasteiger partial charge in [-0.2, -0.15) is 0 Å². The number of hydrogen-bond acceptors (Lipinski definition) is 2. The molecule has 15 heavy (non-hydrogen) atoms. The molecule has 0 aromatic heterocycles. The minimum Gasteiger partial charge on any atom is -0.396 e. The van der Waals surface area contributed by atoms with E-state index in [1.165, 1.54) is 10.5 Å². The molecular weight excluding hydrogens is 204 g/mol. The van der Waals surface area contributed by atoms with Crippen molar-refractivity contribution in [2.24, 2.45) is 0 Å². The van der Waals surface area contributed by atoms with Gasteiger partial charge in [-0.25, -0.2) is 0 Å². The maximum absolute atomic E-state index is 8.84. The van der Waals surface area contributed by atoms with Gasteiger partial charge in [0.05, 0.1) is 0 Å². The first-order valence-electron chi connectivity index (χ1n) is 5.41. The zero-order valence-corrected chi connectivity index (χ0v) is 10.6. The quantitative estimate of drug-likeness (QED) is 0.790. The monoisotopic (exact) mass is 224 g/mol. The van der Waals surface area contributed by atoms with Crippen LogP contribution >= 0.6 is 11.8 Å². The van der Waals surface area contributed by atoms with Crippen molar-refractivity contribution in [3.05, 3.63) is 29.8 Å². The first kappa shape index (κ1) is 12.6. The Kier molecular flexibility index (Phi) is 4.68. The first-order valence-corrected chi connectivity index (χ1v) is 6.22. The fourth-order valence-electron chi connectivity index (χ4n) is 1.41. The van der Waals surface area contributed by atoms with Crippen molar-refractivity contribution in [1.29, 1.82) is 0 Å². The van der Waals surface area contributed by atoms with Crippen molar-refractivity contribution in [1.82, 2.24) is 0 Å². The van der Waals surface area contributed by atoms with Crippen LogP contribution in [-0.2, 0) is 6.42 Å². The summed E-state index contributed by atoms with van der Waals surface area (Å²) in [5.74, 6) is 0. The smallest absolute Gasteiger partial charge is 0.0434 e. The van der Waals surface area contributed by atoms with Gasteiger partial charge in [0.1, 0.15) is 0 Å². The van der Waals surface area contributed by atoms with Crippen molar-refractivity contribution < 1.29 is 5.11 Å². The normalized spacial score (nSPS) is 11.7. The van der Waals surface area contributed by atoms with Gasteiger partial charge in [0.15, 0.2) is 0 Å². The number of rotatable bonds is 4. The number of thioether (sulfide) groups is 1. The lowest BCUT2D eigenvalue weighted by molar-refractivity contribution is 0.288. The molecule has 0 saturated carbocycles. The Labute approximate surface area is 96.9 Å². The fourth-order valence-corrected chi connectivity index (χ4v) is 2.52. The first-order chi connectivity index (χ1) is 7.03. The average molecular weight is 224 g/mol. The Morgan fingerprint density at radius 1 is 1.20 bits per heavy atom. The van der Waals surface area contributed by atoms with Crippen LogP contribution in [0.25, 0.3) is 0 Å². The van der Waals surface area contributed by atoms with E-state index in [1.54, 1.807) is 0 Å². The standard InChI is InChI=1S/C13H20OS/c1-13(2,3)15-12-9-5-4-7-11(12)8-6-10-14/h4-5,7,9,14H,6,8,10H2,1-3H3. The summed E-state index contributed by atoms with van der Waals surface area (Å²) in [5, 5.41) is 8.84. The van der Waals surface area contributed by atoms with E-state index in [9.17, 15) is 0 Å². The highest BCUT2D eigenvalue weighted by molar-refractivity contribution is 8.00. The fraction of sp³-hybridized carbons (Fsp3) is 0.538. The highest BCUT2D eigenvalue weighted by atomic mass is 32.2. The topological polar surface area (TPSA) is 20.2 Å². The van der Waals surface area contributed by atoms with E-state index >= 15 is 0 Å². The van der Waals surface area contributed by atoms with Gasteiger partial charge in [0, 0.05) is 16.2 Å². The van der Waals surface area contributed by atoms with Gasteiger partial charge in [0.2, 0.25) is 0 Å². The molecular formula is C13H20OS. The minimum absolute atomic E-state index is 0.245. The van der Waals surface area contributed by atoms with Crippen molar-refractivity contribution in [3.8, 4) is 0 Å². The van der Waals surface area contributed by atoms with Crippen LogP contribution in [0.2, 0.25) is 0 Å². The summed E-state index contributed by atoms with van der Waals surface area (Å²) in [6, 6.07) is 8.47. The van der Waals surface area contributed by atoms with Crippen LogP contribution in [0.5, 0.6) is 0 Å². The van der Waals surface area contributed by atoms with Crippen molar-refractivity contribution in [2.45, 2.75) is 43.3 Å². The lowest BCUT2D eigenvalue weighted by atomic mass is 10.1. The third kappa shape index (κ3) is 4.72. The predicted molar refractivity (Wildman–Crippen MR) is 67.5 cm³/mol. The van der Waals surface area contributed by atoms with Crippen LogP contribution in [0.15, 0.2) is 29.2 Å². The molecule has 0 aliphatic carbocycles. The molecule has 0 atom stereocenters. The number of aryl methyl sites for hydroxylation is 1. The molecule has 0 amide bonds. The van der Waals surface area contributed by atoms with Gasteiger partial charge in [-0.1, -0.05) is 39.0 Å². The molecule has 84 valence electrons. The molecule has 0 spiro atoms. The maximum atomic E-state index is 8.84. The van der Waals surface area contributed by atoms with Crippen LogP contribution in [-0.4, -0.2) is 16.5 Å². The summed E-state index contributed by atoms with van der Waals surface area (Å²) >= 11 is 1.90. The Bertz CT molecular complexity index is 302. The van der Waals surface area contributed by atoms with Crippen LogP contribution in [0.1, 0.15) is 32.8 Å². The van der Waals surface area contributed by atoms with Crippen LogP contribution in [0, 0.1) is 0 Å². The average Bonchev–Trinajstić information content (AvgIpc) is 2.14. The number of aliphatic hydroxyl groups excluding tert-OH is 1. The molecule has 0 saturated heterocycles. The Hall–Kier alpha value is -0.470.